The molecule has 0 aliphatic heterocycles. The molecule has 0 saturated carbocycles. The van der Waals surface area contributed by atoms with Gasteiger partial charge in [0.15, 0.2) is 0 Å². The van der Waals surface area contributed by atoms with Crippen molar-refractivity contribution in [3.63, 3.8) is 0 Å². The molecule has 0 spiro atoms. The molecule has 0 fully saturated rings. The smallest absolute Gasteiger partial charge is 0.236 e. The highest BCUT2D eigenvalue weighted by Gasteiger charge is 2.15. The standard InChI is InChI=1S/C15H16N2O2S2/c1-11-5-4-7-13(9-11)17-21(18,19)10-12-6-2-3-8-14(12)15(16)20/h2-9,17H,10H2,1H3,(H2,16,20). The second-order valence-corrected chi connectivity index (χ2v) is 6.91. The minimum absolute atomic E-state index is 0.172. The lowest BCUT2D eigenvalue weighted by molar-refractivity contribution is 0.600. The Hall–Kier alpha value is -1.92. The Bertz CT molecular complexity index is 771. The van der Waals surface area contributed by atoms with E-state index in [2.05, 4.69) is 4.72 Å². The first-order chi connectivity index (χ1) is 9.87. The Labute approximate surface area is 130 Å². The topological polar surface area (TPSA) is 72.2 Å². The van der Waals surface area contributed by atoms with Gasteiger partial charge in [-0.1, -0.05) is 48.6 Å². The van der Waals surface area contributed by atoms with Crippen LogP contribution in [0.5, 0.6) is 0 Å². The lowest BCUT2D eigenvalue weighted by Gasteiger charge is -2.11. The molecular formula is C15H16N2O2S2. The predicted octanol–water partition coefficient (Wildman–Crippen LogP) is 2.57. The Balaban J connectivity index is 2.24. The molecule has 0 atom stereocenters. The van der Waals surface area contributed by atoms with Gasteiger partial charge in [0.1, 0.15) is 4.99 Å². The number of sulfonamides is 1. The lowest BCUT2D eigenvalue weighted by Crippen LogP contribution is -2.19. The Morgan fingerprint density at radius 1 is 1.19 bits per heavy atom. The van der Waals surface area contributed by atoms with Gasteiger partial charge in [-0.05, 0) is 30.2 Å². The molecule has 6 heteroatoms. The molecule has 0 bridgehead atoms. The van der Waals surface area contributed by atoms with Crippen LogP contribution in [0.15, 0.2) is 48.5 Å². The van der Waals surface area contributed by atoms with Crippen molar-refractivity contribution in [2.75, 3.05) is 4.72 Å². The van der Waals surface area contributed by atoms with Crippen molar-refractivity contribution < 1.29 is 8.42 Å². The highest BCUT2D eigenvalue weighted by atomic mass is 32.2. The van der Waals surface area contributed by atoms with Crippen LogP contribution in [0.2, 0.25) is 0 Å². The number of thiocarbonyl (C=S) groups is 1. The average molecular weight is 320 g/mol. The second kappa shape index (κ2) is 6.24. The molecule has 0 aliphatic rings. The molecule has 0 aliphatic carbocycles. The first-order valence-electron chi connectivity index (χ1n) is 6.32. The van der Waals surface area contributed by atoms with E-state index in [1.807, 2.05) is 13.0 Å². The van der Waals surface area contributed by atoms with Crippen molar-refractivity contribution in [1.82, 2.24) is 0 Å². The van der Waals surface area contributed by atoms with Crippen molar-refractivity contribution in [2.24, 2.45) is 5.73 Å². The summed E-state index contributed by atoms with van der Waals surface area (Å²) in [5.74, 6) is -0.172. The summed E-state index contributed by atoms with van der Waals surface area (Å²) in [6.45, 7) is 1.90. The third-order valence-electron chi connectivity index (χ3n) is 2.92. The third-order valence-corrected chi connectivity index (χ3v) is 4.38. The van der Waals surface area contributed by atoms with Gasteiger partial charge in [-0.25, -0.2) is 8.42 Å². The number of rotatable bonds is 5. The first-order valence-corrected chi connectivity index (χ1v) is 8.38. The van der Waals surface area contributed by atoms with Gasteiger partial charge in [-0.15, -0.1) is 0 Å². The van der Waals surface area contributed by atoms with E-state index in [-0.39, 0.29) is 10.7 Å². The van der Waals surface area contributed by atoms with Gasteiger partial charge < -0.3 is 5.73 Å². The minimum Gasteiger partial charge on any atom is -0.389 e. The van der Waals surface area contributed by atoms with Gasteiger partial charge in [0.25, 0.3) is 0 Å². The van der Waals surface area contributed by atoms with Gasteiger partial charge in [-0.2, -0.15) is 0 Å². The summed E-state index contributed by atoms with van der Waals surface area (Å²) in [5.41, 5.74) is 8.32. The van der Waals surface area contributed by atoms with E-state index in [1.165, 1.54) is 0 Å². The first kappa shape index (κ1) is 15.5. The van der Waals surface area contributed by atoms with Crippen LogP contribution in [-0.4, -0.2) is 13.4 Å². The van der Waals surface area contributed by atoms with E-state index in [1.54, 1.807) is 42.5 Å². The van der Waals surface area contributed by atoms with Crippen LogP contribution < -0.4 is 10.5 Å². The van der Waals surface area contributed by atoms with Gasteiger partial charge >= 0.3 is 0 Å². The van der Waals surface area contributed by atoms with Crippen LogP contribution in [0.3, 0.4) is 0 Å². The van der Waals surface area contributed by atoms with E-state index >= 15 is 0 Å². The van der Waals surface area contributed by atoms with Gasteiger partial charge in [0.2, 0.25) is 10.0 Å². The van der Waals surface area contributed by atoms with Crippen molar-refractivity contribution in [3.8, 4) is 0 Å². The lowest BCUT2D eigenvalue weighted by atomic mass is 10.1. The normalized spacial score (nSPS) is 11.1. The zero-order valence-electron chi connectivity index (χ0n) is 11.5. The van der Waals surface area contributed by atoms with Crippen LogP contribution in [0, 0.1) is 6.92 Å². The SMILES string of the molecule is Cc1cccc(NS(=O)(=O)Cc2ccccc2C(N)=S)c1. The summed E-state index contributed by atoms with van der Waals surface area (Å²) in [7, 11) is -3.53. The molecule has 0 saturated heterocycles. The van der Waals surface area contributed by atoms with Crippen molar-refractivity contribution in [2.45, 2.75) is 12.7 Å². The maximum atomic E-state index is 12.3. The quantitative estimate of drug-likeness (QED) is 0.831. The summed E-state index contributed by atoms with van der Waals surface area (Å²) < 4.78 is 27.1. The molecule has 0 unspecified atom stereocenters. The molecule has 0 radical (unpaired) electrons. The van der Waals surface area contributed by atoms with Crippen LogP contribution in [-0.2, 0) is 15.8 Å². The van der Waals surface area contributed by atoms with Crippen molar-refractivity contribution in [1.29, 1.82) is 0 Å². The van der Waals surface area contributed by atoms with Crippen molar-refractivity contribution >= 4 is 32.9 Å². The van der Waals surface area contributed by atoms with E-state index < -0.39 is 10.0 Å². The van der Waals surface area contributed by atoms with Gasteiger partial charge in [0.05, 0.1) is 5.75 Å². The predicted molar refractivity (Wildman–Crippen MR) is 89.8 cm³/mol. The zero-order valence-corrected chi connectivity index (χ0v) is 13.2. The molecule has 4 nitrogen and oxygen atoms in total. The maximum Gasteiger partial charge on any atom is 0.236 e. The Kier molecular flexibility index (Phi) is 4.59. The van der Waals surface area contributed by atoms with Crippen LogP contribution in [0.4, 0.5) is 5.69 Å². The fourth-order valence-corrected chi connectivity index (χ4v) is 3.43. The highest BCUT2D eigenvalue weighted by Crippen LogP contribution is 2.16. The molecule has 2 rings (SSSR count). The van der Waals surface area contributed by atoms with Gasteiger partial charge in [0, 0.05) is 11.3 Å². The van der Waals surface area contributed by atoms with Gasteiger partial charge in [-0.3, -0.25) is 4.72 Å². The molecule has 0 amide bonds. The number of nitrogens with one attached hydrogen (secondary N) is 1. The summed E-state index contributed by atoms with van der Waals surface area (Å²) in [6, 6.07) is 14.2. The second-order valence-electron chi connectivity index (χ2n) is 4.75. The molecule has 0 aromatic heterocycles. The number of hydrogen-bond acceptors (Lipinski definition) is 3. The minimum atomic E-state index is -3.53. The largest absolute Gasteiger partial charge is 0.389 e. The van der Waals surface area contributed by atoms with Crippen LogP contribution in [0.1, 0.15) is 16.7 Å². The summed E-state index contributed by atoms with van der Waals surface area (Å²) >= 11 is 4.95. The Morgan fingerprint density at radius 2 is 1.90 bits per heavy atom. The third kappa shape index (κ3) is 4.27. The van der Waals surface area contributed by atoms with E-state index in [4.69, 9.17) is 18.0 Å². The fourth-order valence-electron chi connectivity index (χ4n) is 2.02. The summed E-state index contributed by atoms with van der Waals surface area (Å²) in [4.78, 5) is 0.191. The fraction of sp³-hybridized carbons (Fsp3) is 0.133. The molecule has 3 N–H and O–H groups in total. The van der Waals surface area contributed by atoms with E-state index in [0.717, 1.165) is 5.56 Å². The molecule has 21 heavy (non-hydrogen) atoms. The van der Waals surface area contributed by atoms with Crippen molar-refractivity contribution in [3.05, 3.63) is 65.2 Å². The Morgan fingerprint density at radius 3 is 2.57 bits per heavy atom. The molecular weight excluding hydrogens is 304 g/mol. The van der Waals surface area contributed by atoms with Crippen LogP contribution in [0.25, 0.3) is 0 Å². The van der Waals surface area contributed by atoms with E-state index in [0.29, 0.717) is 16.8 Å². The van der Waals surface area contributed by atoms with E-state index in [9.17, 15) is 8.42 Å². The number of hydrogen-bond donors (Lipinski definition) is 2. The number of anilines is 1. The molecule has 2 aromatic rings. The maximum absolute atomic E-state index is 12.3. The highest BCUT2D eigenvalue weighted by molar-refractivity contribution is 7.91. The zero-order chi connectivity index (χ0) is 15.5. The summed E-state index contributed by atoms with van der Waals surface area (Å²) in [5, 5.41) is 0. The number of aryl methyl sites for hydroxylation is 1. The molecule has 2 aromatic carbocycles. The summed E-state index contributed by atoms with van der Waals surface area (Å²) in [6.07, 6.45) is 0. The monoisotopic (exact) mass is 320 g/mol. The van der Waals surface area contributed by atoms with Crippen LogP contribution >= 0.6 is 12.2 Å². The molecule has 110 valence electrons. The number of nitrogens with two attached hydrogens (primary N) is 1. The average Bonchev–Trinajstić information content (AvgIpc) is 2.37. The number of benzene rings is 2. The molecule has 0 heterocycles.